The summed E-state index contributed by atoms with van der Waals surface area (Å²) in [7, 11) is 0. The standard InChI is InChI=1S/C10H11NO2/c1-8(11-10(12)13)7-9-5-3-2-4-6-9/h2-6,11H,1,7H2,(H,12,13). The highest BCUT2D eigenvalue weighted by Gasteiger charge is 1.99. The topological polar surface area (TPSA) is 49.3 Å². The largest absolute Gasteiger partial charge is 0.465 e. The molecule has 0 aliphatic heterocycles. The lowest BCUT2D eigenvalue weighted by Gasteiger charge is -2.04. The minimum Gasteiger partial charge on any atom is -0.465 e. The molecule has 3 nitrogen and oxygen atoms in total. The van der Waals surface area contributed by atoms with Crippen LogP contribution in [0, 0.1) is 0 Å². The lowest BCUT2D eigenvalue weighted by atomic mass is 10.1. The molecule has 0 unspecified atom stereocenters. The molecule has 0 radical (unpaired) electrons. The van der Waals surface area contributed by atoms with Crippen LogP contribution in [0.1, 0.15) is 5.56 Å². The summed E-state index contributed by atoms with van der Waals surface area (Å²) in [5, 5.41) is 10.6. The second-order valence-electron chi connectivity index (χ2n) is 2.70. The van der Waals surface area contributed by atoms with Crippen LogP contribution in [0.5, 0.6) is 0 Å². The van der Waals surface area contributed by atoms with Crippen molar-refractivity contribution in [3.8, 4) is 0 Å². The first-order chi connectivity index (χ1) is 6.18. The normalized spacial score (nSPS) is 9.23. The first kappa shape index (κ1) is 9.32. The van der Waals surface area contributed by atoms with E-state index in [9.17, 15) is 4.79 Å². The molecular weight excluding hydrogens is 166 g/mol. The van der Waals surface area contributed by atoms with Crippen molar-refractivity contribution in [1.82, 2.24) is 5.32 Å². The maximum atomic E-state index is 10.2. The van der Waals surface area contributed by atoms with Crippen molar-refractivity contribution in [2.24, 2.45) is 0 Å². The summed E-state index contributed by atoms with van der Waals surface area (Å²) >= 11 is 0. The van der Waals surface area contributed by atoms with E-state index in [1.165, 1.54) is 0 Å². The number of nitrogens with one attached hydrogen (secondary N) is 1. The number of benzene rings is 1. The van der Waals surface area contributed by atoms with Crippen molar-refractivity contribution in [3.05, 3.63) is 48.2 Å². The predicted molar refractivity (Wildman–Crippen MR) is 50.4 cm³/mol. The Kier molecular flexibility index (Phi) is 3.09. The molecule has 1 amide bonds. The summed E-state index contributed by atoms with van der Waals surface area (Å²) in [6, 6.07) is 9.58. The first-order valence-electron chi connectivity index (χ1n) is 3.90. The Hall–Kier alpha value is -1.77. The number of hydrogen-bond acceptors (Lipinski definition) is 1. The van der Waals surface area contributed by atoms with Crippen LogP contribution in [0.3, 0.4) is 0 Å². The highest BCUT2D eigenvalue weighted by Crippen LogP contribution is 2.03. The molecular formula is C10H11NO2. The van der Waals surface area contributed by atoms with Crippen LogP contribution in [0.15, 0.2) is 42.6 Å². The Morgan fingerprint density at radius 2 is 2.00 bits per heavy atom. The van der Waals surface area contributed by atoms with Gasteiger partial charge in [-0.2, -0.15) is 0 Å². The van der Waals surface area contributed by atoms with E-state index in [-0.39, 0.29) is 0 Å². The van der Waals surface area contributed by atoms with Crippen LogP contribution in [0.4, 0.5) is 4.79 Å². The van der Waals surface area contributed by atoms with Crippen LogP contribution in [0.2, 0.25) is 0 Å². The Labute approximate surface area is 76.7 Å². The number of allylic oxidation sites excluding steroid dienone is 1. The van der Waals surface area contributed by atoms with Crippen LogP contribution in [-0.4, -0.2) is 11.2 Å². The lowest BCUT2D eigenvalue weighted by Crippen LogP contribution is -2.20. The van der Waals surface area contributed by atoms with Gasteiger partial charge in [0.2, 0.25) is 0 Å². The van der Waals surface area contributed by atoms with Gasteiger partial charge in [-0.3, -0.25) is 5.32 Å². The summed E-state index contributed by atoms with van der Waals surface area (Å²) in [5.41, 5.74) is 1.53. The van der Waals surface area contributed by atoms with E-state index in [0.29, 0.717) is 12.1 Å². The van der Waals surface area contributed by atoms with E-state index in [4.69, 9.17) is 5.11 Å². The van der Waals surface area contributed by atoms with Crippen molar-refractivity contribution >= 4 is 6.09 Å². The van der Waals surface area contributed by atoms with Gasteiger partial charge < -0.3 is 5.11 Å². The molecule has 1 aromatic carbocycles. The number of carboxylic acid groups (broad SMARTS) is 1. The van der Waals surface area contributed by atoms with E-state index in [2.05, 4.69) is 11.9 Å². The van der Waals surface area contributed by atoms with Gasteiger partial charge in [-0.1, -0.05) is 36.9 Å². The molecule has 0 aliphatic carbocycles. The fraction of sp³-hybridized carbons (Fsp3) is 0.100. The average molecular weight is 177 g/mol. The number of amides is 1. The van der Waals surface area contributed by atoms with Crippen molar-refractivity contribution in [1.29, 1.82) is 0 Å². The average Bonchev–Trinajstić information content (AvgIpc) is 2.04. The van der Waals surface area contributed by atoms with Crippen LogP contribution >= 0.6 is 0 Å². The fourth-order valence-corrected chi connectivity index (χ4v) is 1.04. The minimum absolute atomic E-state index is 0.485. The second-order valence-corrected chi connectivity index (χ2v) is 2.70. The van der Waals surface area contributed by atoms with Gasteiger partial charge in [-0.25, -0.2) is 4.79 Å². The van der Waals surface area contributed by atoms with Crippen molar-refractivity contribution in [2.45, 2.75) is 6.42 Å². The van der Waals surface area contributed by atoms with Crippen LogP contribution in [-0.2, 0) is 6.42 Å². The molecule has 0 aliphatic rings. The summed E-state index contributed by atoms with van der Waals surface area (Å²) in [5.74, 6) is 0. The summed E-state index contributed by atoms with van der Waals surface area (Å²) in [6.07, 6.45) is -0.534. The van der Waals surface area contributed by atoms with Crippen molar-refractivity contribution in [2.75, 3.05) is 0 Å². The quantitative estimate of drug-likeness (QED) is 0.742. The molecule has 1 aromatic rings. The molecule has 0 heterocycles. The van der Waals surface area contributed by atoms with Gasteiger partial charge in [-0.15, -0.1) is 0 Å². The molecule has 0 fully saturated rings. The maximum Gasteiger partial charge on any atom is 0.408 e. The van der Waals surface area contributed by atoms with Crippen LogP contribution < -0.4 is 5.32 Å². The van der Waals surface area contributed by atoms with Gasteiger partial charge in [0, 0.05) is 12.1 Å². The summed E-state index contributed by atoms with van der Waals surface area (Å²) in [6.45, 7) is 3.60. The van der Waals surface area contributed by atoms with Crippen molar-refractivity contribution < 1.29 is 9.90 Å². The van der Waals surface area contributed by atoms with E-state index < -0.39 is 6.09 Å². The van der Waals surface area contributed by atoms with Gasteiger partial charge in [0.15, 0.2) is 0 Å². The van der Waals surface area contributed by atoms with E-state index in [1.807, 2.05) is 30.3 Å². The Morgan fingerprint density at radius 3 is 2.54 bits per heavy atom. The molecule has 0 saturated carbocycles. The third kappa shape index (κ3) is 3.42. The van der Waals surface area contributed by atoms with Crippen molar-refractivity contribution in [3.63, 3.8) is 0 Å². The molecule has 0 bridgehead atoms. The Morgan fingerprint density at radius 1 is 1.38 bits per heavy atom. The predicted octanol–water partition coefficient (Wildman–Crippen LogP) is 2.01. The smallest absolute Gasteiger partial charge is 0.408 e. The molecule has 0 aromatic heterocycles. The zero-order chi connectivity index (χ0) is 9.68. The molecule has 0 atom stereocenters. The lowest BCUT2D eigenvalue weighted by molar-refractivity contribution is 0.197. The maximum absolute atomic E-state index is 10.2. The SMILES string of the molecule is C=C(Cc1ccccc1)NC(=O)O. The van der Waals surface area contributed by atoms with E-state index in [1.54, 1.807) is 0 Å². The zero-order valence-corrected chi connectivity index (χ0v) is 7.16. The highest BCUT2D eigenvalue weighted by molar-refractivity contribution is 5.66. The Balaban J connectivity index is 2.50. The molecule has 1 rings (SSSR count). The Bertz CT molecular complexity index is 306. The third-order valence-electron chi connectivity index (χ3n) is 1.54. The second kappa shape index (κ2) is 4.30. The molecule has 13 heavy (non-hydrogen) atoms. The molecule has 0 spiro atoms. The zero-order valence-electron chi connectivity index (χ0n) is 7.16. The summed E-state index contributed by atoms with van der Waals surface area (Å²) in [4.78, 5) is 10.2. The molecule has 3 heteroatoms. The fourth-order valence-electron chi connectivity index (χ4n) is 1.04. The molecule has 68 valence electrons. The minimum atomic E-state index is -1.07. The summed E-state index contributed by atoms with van der Waals surface area (Å²) < 4.78 is 0. The third-order valence-corrected chi connectivity index (χ3v) is 1.54. The molecule has 2 N–H and O–H groups in total. The van der Waals surface area contributed by atoms with Gasteiger partial charge in [-0.05, 0) is 5.56 Å². The number of carbonyl (C=O) groups is 1. The van der Waals surface area contributed by atoms with Gasteiger partial charge in [0.05, 0.1) is 0 Å². The van der Waals surface area contributed by atoms with E-state index in [0.717, 1.165) is 5.56 Å². The highest BCUT2D eigenvalue weighted by atomic mass is 16.4. The van der Waals surface area contributed by atoms with Crippen LogP contribution in [0.25, 0.3) is 0 Å². The molecule has 0 saturated heterocycles. The monoisotopic (exact) mass is 177 g/mol. The van der Waals surface area contributed by atoms with Gasteiger partial charge in [0.1, 0.15) is 0 Å². The number of rotatable bonds is 3. The van der Waals surface area contributed by atoms with Gasteiger partial charge in [0.25, 0.3) is 0 Å². The first-order valence-corrected chi connectivity index (χ1v) is 3.90. The van der Waals surface area contributed by atoms with Gasteiger partial charge >= 0.3 is 6.09 Å². The number of hydrogen-bond donors (Lipinski definition) is 2. The van der Waals surface area contributed by atoms with E-state index >= 15 is 0 Å².